The summed E-state index contributed by atoms with van der Waals surface area (Å²) in [6, 6.07) is 15.4. The van der Waals surface area contributed by atoms with E-state index in [1.54, 1.807) is 11.2 Å². The highest BCUT2D eigenvalue weighted by atomic mass is 16.2. The number of aromatic amines is 1. The first-order chi connectivity index (χ1) is 10.7. The van der Waals surface area contributed by atoms with Crippen molar-refractivity contribution in [3.8, 4) is 0 Å². The maximum atomic E-state index is 12.5. The van der Waals surface area contributed by atoms with Crippen LogP contribution in [0.25, 0.3) is 10.9 Å². The lowest BCUT2D eigenvalue weighted by Gasteiger charge is -2.18. The van der Waals surface area contributed by atoms with Gasteiger partial charge in [0.1, 0.15) is 5.84 Å². The van der Waals surface area contributed by atoms with Gasteiger partial charge in [-0.3, -0.25) is 20.6 Å². The Labute approximate surface area is 127 Å². The minimum Gasteiger partial charge on any atom is -0.360 e. The van der Waals surface area contributed by atoms with Gasteiger partial charge in [0.15, 0.2) is 0 Å². The first-order valence-corrected chi connectivity index (χ1v) is 7.05. The van der Waals surface area contributed by atoms with Gasteiger partial charge < -0.3 is 4.98 Å². The monoisotopic (exact) mass is 290 g/mol. The molecule has 0 atom stereocenters. The Morgan fingerprint density at radius 3 is 2.77 bits per heavy atom. The van der Waals surface area contributed by atoms with Crippen molar-refractivity contribution >= 4 is 22.6 Å². The molecule has 5 heteroatoms. The maximum Gasteiger partial charge on any atom is 0.272 e. The van der Waals surface area contributed by atoms with Gasteiger partial charge in [0, 0.05) is 22.7 Å². The average molecular weight is 290 g/mol. The highest BCUT2D eigenvalue weighted by molar-refractivity contribution is 6.08. The van der Waals surface area contributed by atoms with Crippen LogP contribution in [-0.2, 0) is 6.54 Å². The fraction of sp³-hybridized carbons (Fsp3) is 0.0588. The largest absolute Gasteiger partial charge is 0.360 e. The molecule has 4 rings (SSSR count). The van der Waals surface area contributed by atoms with Gasteiger partial charge in [0.05, 0.1) is 12.1 Å². The van der Waals surface area contributed by atoms with Gasteiger partial charge in [-0.15, -0.1) is 0 Å². The Balaban J connectivity index is 1.60. The zero-order valence-electron chi connectivity index (χ0n) is 11.8. The van der Waals surface area contributed by atoms with Crippen molar-refractivity contribution in [2.75, 3.05) is 0 Å². The zero-order chi connectivity index (χ0) is 15.1. The van der Waals surface area contributed by atoms with E-state index in [1.807, 2.05) is 48.5 Å². The molecular weight excluding hydrogens is 276 g/mol. The number of amides is 1. The summed E-state index contributed by atoms with van der Waals surface area (Å²) >= 11 is 0. The second kappa shape index (κ2) is 4.73. The van der Waals surface area contributed by atoms with Gasteiger partial charge in [-0.2, -0.15) is 0 Å². The Morgan fingerprint density at radius 2 is 1.91 bits per heavy atom. The van der Waals surface area contributed by atoms with Crippen LogP contribution in [0.1, 0.15) is 21.5 Å². The third-order valence-electron chi connectivity index (χ3n) is 3.94. The van der Waals surface area contributed by atoms with Gasteiger partial charge >= 0.3 is 0 Å². The molecule has 3 N–H and O–H groups in total. The van der Waals surface area contributed by atoms with Crippen LogP contribution >= 0.6 is 0 Å². The topological polar surface area (TPSA) is 72.0 Å². The van der Waals surface area contributed by atoms with E-state index in [0.717, 1.165) is 22.0 Å². The molecule has 0 fully saturated rings. The Kier molecular flexibility index (Phi) is 2.72. The lowest BCUT2D eigenvalue weighted by atomic mass is 10.1. The number of carbonyl (C=O) groups excluding carboxylic acids is 1. The summed E-state index contributed by atoms with van der Waals surface area (Å²) < 4.78 is 0. The first kappa shape index (κ1) is 12.6. The van der Waals surface area contributed by atoms with Crippen LogP contribution in [0.5, 0.6) is 0 Å². The van der Waals surface area contributed by atoms with Crippen LogP contribution in [0.4, 0.5) is 0 Å². The van der Waals surface area contributed by atoms with E-state index < -0.39 is 0 Å². The van der Waals surface area contributed by atoms with E-state index in [1.165, 1.54) is 0 Å². The van der Waals surface area contributed by atoms with Gasteiger partial charge in [-0.05, 0) is 11.6 Å². The van der Waals surface area contributed by atoms with Crippen LogP contribution in [0.2, 0.25) is 0 Å². The van der Waals surface area contributed by atoms with E-state index in [9.17, 15) is 4.79 Å². The molecule has 1 aliphatic heterocycles. The highest BCUT2D eigenvalue weighted by Crippen LogP contribution is 2.22. The lowest BCUT2D eigenvalue weighted by Crippen LogP contribution is -2.42. The second-order valence-electron chi connectivity index (χ2n) is 5.28. The number of hydrazine groups is 1. The molecule has 0 bridgehead atoms. The number of H-pyrrole nitrogens is 1. The molecule has 0 spiro atoms. The van der Waals surface area contributed by atoms with E-state index in [4.69, 9.17) is 5.41 Å². The van der Waals surface area contributed by atoms with Gasteiger partial charge in [-0.1, -0.05) is 42.5 Å². The summed E-state index contributed by atoms with van der Waals surface area (Å²) in [6.07, 6.45) is 1.70. The predicted octanol–water partition coefficient (Wildman–Crippen LogP) is 2.65. The molecule has 22 heavy (non-hydrogen) atoms. The predicted molar refractivity (Wildman–Crippen MR) is 84.6 cm³/mol. The summed E-state index contributed by atoms with van der Waals surface area (Å²) in [6.45, 7) is 0.517. The summed E-state index contributed by atoms with van der Waals surface area (Å²) in [5.41, 5.74) is 6.24. The van der Waals surface area contributed by atoms with E-state index in [-0.39, 0.29) is 5.91 Å². The summed E-state index contributed by atoms with van der Waals surface area (Å²) in [5.74, 6) is 0.110. The number of nitrogens with zero attached hydrogens (tertiary/aromatic N) is 1. The number of nitrogens with one attached hydrogen (secondary N) is 3. The molecule has 1 aromatic heterocycles. The minimum absolute atomic E-state index is 0.213. The van der Waals surface area contributed by atoms with E-state index >= 15 is 0 Å². The fourth-order valence-corrected chi connectivity index (χ4v) is 2.82. The molecule has 0 radical (unpaired) electrons. The molecule has 0 saturated heterocycles. The van der Waals surface area contributed by atoms with Crippen LogP contribution in [0, 0.1) is 5.41 Å². The third-order valence-corrected chi connectivity index (χ3v) is 3.94. The molecule has 3 aromatic rings. The van der Waals surface area contributed by atoms with Crippen LogP contribution in [-0.4, -0.2) is 21.7 Å². The number of para-hydroxylation sites is 1. The molecule has 0 saturated carbocycles. The van der Waals surface area contributed by atoms with E-state index in [2.05, 4.69) is 10.4 Å². The molecule has 5 nitrogen and oxygen atoms in total. The van der Waals surface area contributed by atoms with Gasteiger partial charge in [0.2, 0.25) is 0 Å². The molecule has 1 amide bonds. The third kappa shape index (κ3) is 1.87. The summed E-state index contributed by atoms with van der Waals surface area (Å²) in [5, 5.41) is 10.6. The van der Waals surface area contributed by atoms with Crippen LogP contribution in [0.3, 0.4) is 0 Å². The number of carbonyl (C=O) groups is 1. The zero-order valence-corrected chi connectivity index (χ0v) is 11.8. The van der Waals surface area contributed by atoms with Gasteiger partial charge in [-0.25, -0.2) is 0 Å². The number of benzene rings is 2. The number of amidine groups is 1. The highest BCUT2D eigenvalue weighted by Gasteiger charge is 2.25. The number of rotatable bonds is 2. The average Bonchev–Trinajstić information content (AvgIpc) is 3.10. The molecule has 2 aromatic carbocycles. The van der Waals surface area contributed by atoms with Crippen LogP contribution < -0.4 is 5.43 Å². The van der Waals surface area contributed by atoms with Gasteiger partial charge in [0.25, 0.3) is 5.91 Å². The lowest BCUT2D eigenvalue weighted by molar-refractivity contribution is 0.0871. The smallest absolute Gasteiger partial charge is 0.272 e. The number of aromatic nitrogens is 1. The van der Waals surface area contributed by atoms with Crippen molar-refractivity contribution in [1.29, 1.82) is 5.41 Å². The van der Waals surface area contributed by atoms with Crippen molar-refractivity contribution in [3.05, 3.63) is 71.4 Å². The van der Waals surface area contributed by atoms with Crippen molar-refractivity contribution in [2.45, 2.75) is 6.54 Å². The van der Waals surface area contributed by atoms with E-state index in [0.29, 0.717) is 17.9 Å². The molecule has 108 valence electrons. The normalized spacial score (nSPS) is 13.5. The molecule has 1 aliphatic rings. The van der Waals surface area contributed by atoms with Crippen molar-refractivity contribution in [3.63, 3.8) is 0 Å². The van der Waals surface area contributed by atoms with Crippen molar-refractivity contribution < 1.29 is 4.79 Å². The fourth-order valence-electron chi connectivity index (χ4n) is 2.82. The summed E-state index contributed by atoms with van der Waals surface area (Å²) in [7, 11) is 0. The summed E-state index contributed by atoms with van der Waals surface area (Å²) in [4.78, 5) is 15.6. The Hall–Kier alpha value is -3.08. The maximum absolute atomic E-state index is 12.5. The van der Waals surface area contributed by atoms with Crippen molar-refractivity contribution in [1.82, 2.24) is 15.4 Å². The number of fused-ring (bicyclic) bond motifs is 2. The molecule has 0 unspecified atom stereocenters. The number of hydrogen-bond donors (Lipinski definition) is 3. The Bertz CT molecular complexity index is 896. The SMILES string of the molecule is N=C1c2ccccc2CN1NC(=O)c1c[nH]c2ccccc12. The quantitative estimate of drug-likeness (QED) is 0.679. The molecule has 0 aliphatic carbocycles. The molecular formula is C17H14N4O. The van der Waals surface area contributed by atoms with Crippen molar-refractivity contribution in [2.24, 2.45) is 0 Å². The Morgan fingerprint density at radius 1 is 1.14 bits per heavy atom. The standard InChI is InChI=1S/C17H14N4O/c18-16-12-6-2-1-5-11(12)10-21(16)20-17(22)14-9-19-15-8-4-3-7-13(14)15/h1-9,18-19H,10H2,(H,20,22). The number of hydrogen-bond acceptors (Lipinski definition) is 2. The second-order valence-corrected chi connectivity index (χ2v) is 5.28. The van der Waals surface area contributed by atoms with Crippen LogP contribution in [0.15, 0.2) is 54.7 Å². The molecule has 2 heterocycles. The minimum atomic E-state index is -0.213. The first-order valence-electron chi connectivity index (χ1n) is 7.05.